The Kier molecular flexibility index (Phi) is 5.08. The maximum atomic E-state index is 12.7. The molecule has 2 aromatic carbocycles. The number of hydrogen-bond acceptors (Lipinski definition) is 4. The van der Waals surface area contributed by atoms with E-state index in [-0.39, 0.29) is 21.8 Å². The monoisotopic (exact) mass is 359 g/mol. The van der Waals surface area contributed by atoms with Crippen molar-refractivity contribution in [3.05, 3.63) is 54.1 Å². The minimum absolute atomic E-state index is 0.0187. The second-order valence-electron chi connectivity index (χ2n) is 6.02. The number of carbonyl (C=O) groups is 1. The lowest BCUT2D eigenvalue weighted by Gasteiger charge is -2.26. The molecule has 0 aromatic heterocycles. The minimum atomic E-state index is -3.57. The summed E-state index contributed by atoms with van der Waals surface area (Å²) in [4.78, 5) is 11.9. The molecule has 0 radical (unpaired) electrons. The number of amides is 1. The van der Waals surface area contributed by atoms with Gasteiger partial charge in [0.05, 0.1) is 16.3 Å². The number of carbonyl (C=O) groups excluding carboxylic acids is 1. The maximum Gasteiger partial charge on any atom is 0.219 e. The summed E-state index contributed by atoms with van der Waals surface area (Å²) >= 11 is 0. The highest BCUT2D eigenvalue weighted by Gasteiger charge is 2.24. The van der Waals surface area contributed by atoms with Crippen LogP contribution in [-0.2, 0) is 21.1 Å². The van der Waals surface area contributed by atoms with Crippen molar-refractivity contribution in [1.29, 1.82) is 0 Å². The van der Waals surface area contributed by atoms with Crippen molar-refractivity contribution in [3.8, 4) is 5.75 Å². The molecule has 2 aromatic rings. The highest BCUT2D eigenvalue weighted by molar-refractivity contribution is 7.91. The average molecular weight is 359 g/mol. The van der Waals surface area contributed by atoms with Crippen LogP contribution in [0.25, 0.3) is 0 Å². The van der Waals surface area contributed by atoms with Gasteiger partial charge in [0.2, 0.25) is 15.7 Å². The van der Waals surface area contributed by atoms with Gasteiger partial charge in [-0.2, -0.15) is 0 Å². The number of nitrogens with one attached hydrogen (secondary N) is 1. The van der Waals surface area contributed by atoms with Crippen LogP contribution in [0.2, 0.25) is 0 Å². The normalized spacial score (nSPS) is 16.6. The molecular weight excluding hydrogens is 338 g/mol. The molecule has 3 rings (SSSR count). The Hall–Kier alpha value is -2.34. The lowest BCUT2D eigenvalue weighted by Crippen LogP contribution is -2.37. The first-order valence-corrected chi connectivity index (χ1v) is 9.85. The Morgan fingerprint density at radius 1 is 1.16 bits per heavy atom. The fourth-order valence-corrected chi connectivity index (χ4v) is 4.10. The second kappa shape index (κ2) is 7.27. The molecule has 1 unspecified atom stereocenters. The van der Waals surface area contributed by atoms with Gasteiger partial charge in [-0.25, -0.2) is 8.42 Å². The molecule has 0 aliphatic carbocycles. The predicted octanol–water partition coefficient (Wildman–Crippen LogP) is 2.74. The van der Waals surface area contributed by atoms with Gasteiger partial charge in [-0.15, -0.1) is 0 Å². The Morgan fingerprint density at radius 2 is 1.92 bits per heavy atom. The third-order valence-corrected chi connectivity index (χ3v) is 6.05. The first-order valence-electron chi connectivity index (χ1n) is 8.37. The van der Waals surface area contributed by atoms with Crippen LogP contribution >= 0.6 is 0 Å². The Morgan fingerprint density at radius 3 is 2.64 bits per heavy atom. The lowest BCUT2D eigenvalue weighted by atomic mass is 10.0. The molecule has 6 heteroatoms. The van der Waals surface area contributed by atoms with Crippen LogP contribution in [0.3, 0.4) is 0 Å². The number of ether oxygens (including phenoxy) is 1. The van der Waals surface area contributed by atoms with E-state index in [1.807, 2.05) is 6.07 Å². The van der Waals surface area contributed by atoms with Crippen molar-refractivity contribution in [3.63, 3.8) is 0 Å². The molecule has 25 heavy (non-hydrogen) atoms. The van der Waals surface area contributed by atoms with E-state index in [0.29, 0.717) is 18.7 Å². The van der Waals surface area contributed by atoms with E-state index in [0.717, 1.165) is 18.4 Å². The zero-order valence-electron chi connectivity index (χ0n) is 14.1. The number of rotatable bonds is 5. The Balaban J connectivity index is 1.82. The first kappa shape index (κ1) is 17.5. The molecule has 0 fully saturated rings. The van der Waals surface area contributed by atoms with Crippen molar-refractivity contribution < 1.29 is 17.9 Å². The molecule has 1 heterocycles. The zero-order valence-corrected chi connectivity index (χ0v) is 14.9. The largest absolute Gasteiger partial charge is 0.488 e. The van der Waals surface area contributed by atoms with Gasteiger partial charge in [-0.3, -0.25) is 4.79 Å². The van der Waals surface area contributed by atoms with Gasteiger partial charge in [0.25, 0.3) is 0 Å². The molecule has 0 saturated heterocycles. The van der Waals surface area contributed by atoms with Crippen LogP contribution < -0.4 is 10.1 Å². The second-order valence-corrected chi connectivity index (χ2v) is 7.97. The predicted molar refractivity (Wildman–Crippen MR) is 94.4 cm³/mol. The lowest BCUT2D eigenvalue weighted by molar-refractivity contribution is -0.121. The van der Waals surface area contributed by atoms with Crippen LogP contribution in [0.4, 0.5) is 0 Å². The molecule has 5 nitrogen and oxygen atoms in total. The zero-order chi connectivity index (χ0) is 17.9. The van der Waals surface area contributed by atoms with Crippen molar-refractivity contribution in [2.75, 3.05) is 6.54 Å². The van der Waals surface area contributed by atoms with E-state index >= 15 is 0 Å². The molecule has 1 amide bonds. The fourth-order valence-electron chi connectivity index (χ4n) is 2.81. The van der Waals surface area contributed by atoms with Gasteiger partial charge in [-0.1, -0.05) is 31.2 Å². The smallest absolute Gasteiger partial charge is 0.219 e. The van der Waals surface area contributed by atoms with E-state index in [4.69, 9.17) is 4.74 Å². The molecule has 1 aliphatic heterocycles. The van der Waals surface area contributed by atoms with Crippen molar-refractivity contribution in [2.24, 2.45) is 0 Å². The van der Waals surface area contributed by atoms with Crippen LogP contribution in [-0.4, -0.2) is 27.0 Å². The summed E-state index contributed by atoms with van der Waals surface area (Å²) in [5.74, 6) is 0.564. The third kappa shape index (κ3) is 3.85. The molecule has 0 saturated carbocycles. The molecule has 132 valence electrons. The van der Waals surface area contributed by atoms with Gasteiger partial charge in [0, 0.05) is 6.42 Å². The third-order valence-electron chi connectivity index (χ3n) is 4.28. The molecule has 0 spiro atoms. The summed E-state index contributed by atoms with van der Waals surface area (Å²) in [5, 5.41) is 2.82. The van der Waals surface area contributed by atoms with E-state index in [2.05, 4.69) is 5.32 Å². The van der Waals surface area contributed by atoms with Gasteiger partial charge in [-0.05, 0) is 42.7 Å². The van der Waals surface area contributed by atoms with E-state index in [1.165, 1.54) is 0 Å². The van der Waals surface area contributed by atoms with Gasteiger partial charge < -0.3 is 10.1 Å². The van der Waals surface area contributed by atoms with Crippen molar-refractivity contribution >= 4 is 15.7 Å². The van der Waals surface area contributed by atoms with E-state index in [9.17, 15) is 13.2 Å². The molecular formula is C19H21NO4S. The summed E-state index contributed by atoms with van der Waals surface area (Å²) in [6.07, 6.45) is 1.88. The van der Waals surface area contributed by atoms with Crippen LogP contribution in [0, 0.1) is 0 Å². The minimum Gasteiger partial charge on any atom is -0.488 e. The number of benzene rings is 2. The molecule has 1 N–H and O–H groups in total. The van der Waals surface area contributed by atoms with Gasteiger partial charge >= 0.3 is 0 Å². The number of aryl methyl sites for hydroxylation is 1. The Labute approximate surface area is 147 Å². The fraction of sp³-hybridized carbons (Fsp3) is 0.316. The molecule has 0 bridgehead atoms. The van der Waals surface area contributed by atoms with E-state index in [1.54, 1.807) is 49.4 Å². The summed E-state index contributed by atoms with van der Waals surface area (Å²) in [6.45, 7) is 2.23. The van der Waals surface area contributed by atoms with Crippen LogP contribution in [0.5, 0.6) is 5.75 Å². The first-order chi connectivity index (χ1) is 12.0. The number of sulfone groups is 1. The standard InChI is InChI=1S/C19H21NO4S/c1-2-19(21)20-13-15-10-8-14-9-11-17(12-18(14)24-15)25(22,23)16-6-4-3-5-7-16/h3-7,9,11-12,15H,2,8,10,13H2,1H3,(H,20,21). The summed E-state index contributed by atoms with van der Waals surface area (Å²) in [5.41, 5.74) is 0.991. The topological polar surface area (TPSA) is 72.5 Å². The van der Waals surface area contributed by atoms with E-state index < -0.39 is 9.84 Å². The summed E-state index contributed by atoms with van der Waals surface area (Å²) in [6, 6.07) is 13.4. The Bertz CT molecular complexity index is 862. The number of fused-ring (bicyclic) bond motifs is 1. The van der Waals surface area contributed by atoms with Crippen molar-refractivity contribution in [2.45, 2.75) is 42.1 Å². The average Bonchev–Trinajstić information content (AvgIpc) is 2.66. The maximum absolute atomic E-state index is 12.7. The summed E-state index contributed by atoms with van der Waals surface area (Å²) < 4.78 is 31.4. The number of hydrogen-bond donors (Lipinski definition) is 1. The highest BCUT2D eigenvalue weighted by Crippen LogP contribution is 2.32. The van der Waals surface area contributed by atoms with Gasteiger partial charge in [0.15, 0.2) is 0 Å². The van der Waals surface area contributed by atoms with Crippen LogP contribution in [0.1, 0.15) is 25.3 Å². The van der Waals surface area contributed by atoms with Crippen molar-refractivity contribution in [1.82, 2.24) is 5.32 Å². The summed E-state index contributed by atoms with van der Waals surface area (Å²) in [7, 11) is -3.57. The molecule has 1 atom stereocenters. The quantitative estimate of drug-likeness (QED) is 0.891. The van der Waals surface area contributed by atoms with Gasteiger partial charge in [0.1, 0.15) is 11.9 Å². The molecule has 1 aliphatic rings. The van der Waals surface area contributed by atoms with Crippen LogP contribution in [0.15, 0.2) is 58.3 Å². The highest BCUT2D eigenvalue weighted by atomic mass is 32.2. The SMILES string of the molecule is CCC(=O)NCC1CCc2ccc(S(=O)(=O)c3ccccc3)cc2O1.